The molecule has 5 heteroatoms. The second-order valence-electron chi connectivity index (χ2n) is 5.25. The molecule has 3 amide bonds. The van der Waals surface area contributed by atoms with Gasteiger partial charge in [0.05, 0.1) is 6.04 Å². The maximum atomic E-state index is 11.5. The van der Waals surface area contributed by atoms with Crippen LogP contribution in [0.15, 0.2) is 0 Å². The fourth-order valence-electron chi connectivity index (χ4n) is 2.68. The van der Waals surface area contributed by atoms with Crippen molar-refractivity contribution in [1.29, 1.82) is 0 Å². The maximum absolute atomic E-state index is 11.5. The minimum absolute atomic E-state index is 0.349. The van der Waals surface area contributed by atoms with Gasteiger partial charge >= 0.3 is 6.03 Å². The summed E-state index contributed by atoms with van der Waals surface area (Å²) >= 11 is 0. The Morgan fingerprint density at radius 2 is 1.89 bits per heavy atom. The summed E-state index contributed by atoms with van der Waals surface area (Å²) in [6, 6.07) is -0.780. The Morgan fingerprint density at radius 3 is 2.39 bits per heavy atom. The zero-order valence-electron chi connectivity index (χ0n) is 11.4. The zero-order valence-corrected chi connectivity index (χ0v) is 11.4. The van der Waals surface area contributed by atoms with Gasteiger partial charge in [-0.3, -0.25) is 10.1 Å². The molecule has 0 bridgehead atoms. The quantitative estimate of drug-likeness (QED) is 0.696. The lowest BCUT2D eigenvalue weighted by Crippen LogP contribution is -2.50. The van der Waals surface area contributed by atoms with Crippen LogP contribution < -0.4 is 16.4 Å². The highest BCUT2D eigenvalue weighted by molar-refractivity contribution is 5.96. The molecule has 1 aliphatic carbocycles. The highest BCUT2D eigenvalue weighted by Crippen LogP contribution is 2.27. The fraction of sp³-hybridized carbons (Fsp3) is 0.846. The summed E-state index contributed by atoms with van der Waals surface area (Å²) in [6.07, 6.45) is 7.24. The number of urea groups is 1. The normalized spacial score (nSPS) is 25.4. The fourth-order valence-corrected chi connectivity index (χ4v) is 2.68. The standard InChI is InChI=1S/C13H25N3O2/c1-3-4-10-5-7-11(8-6-10)15-9(2)12(17)16-13(14)18/h9-11,15H,3-8H2,1-2H3,(H3,14,16,17,18). The third-order valence-corrected chi connectivity index (χ3v) is 3.67. The highest BCUT2D eigenvalue weighted by atomic mass is 16.2. The van der Waals surface area contributed by atoms with Gasteiger partial charge in [0.25, 0.3) is 0 Å². The number of amides is 3. The lowest BCUT2D eigenvalue weighted by Gasteiger charge is -2.30. The van der Waals surface area contributed by atoms with Crippen molar-refractivity contribution in [3.63, 3.8) is 0 Å². The monoisotopic (exact) mass is 255 g/mol. The summed E-state index contributed by atoms with van der Waals surface area (Å²) in [4.78, 5) is 22.1. The van der Waals surface area contributed by atoms with Crippen molar-refractivity contribution in [3.05, 3.63) is 0 Å². The molecule has 1 fully saturated rings. The van der Waals surface area contributed by atoms with E-state index in [1.165, 1.54) is 25.7 Å². The Kier molecular flexibility index (Phi) is 6.12. The Morgan fingerprint density at radius 1 is 1.28 bits per heavy atom. The van der Waals surface area contributed by atoms with E-state index in [2.05, 4.69) is 17.6 Å². The van der Waals surface area contributed by atoms with Crippen molar-refractivity contribution in [2.45, 2.75) is 64.5 Å². The van der Waals surface area contributed by atoms with Crippen molar-refractivity contribution < 1.29 is 9.59 Å². The molecule has 1 atom stereocenters. The van der Waals surface area contributed by atoms with Crippen molar-refractivity contribution >= 4 is 11.9 Å². The number of carbonyl (C=O) groups is 2. The van der Waals surface area contributed by atoms with E-state index in [0.717, 1.165) is 18.8 Å². The van der Waals surface area contributed by atoms with E-state index in [4.69, 9.17) is 5.73 Å². The third-order valence-electron chi connectivity index (χ3n) is 3.67. The summed E-state index contributed by atoms with van der Waals surface area (Å²) in [7, 11) is 0. The molecule has 0 aromatic carbocycles. The smallest absolute Gasteiger partial charge is 0.318 e. The largest absolute Gasteiger partial charge is 0.351 e. The molecule has 0 saturated heterocycles. The van der Waals surface area contributed by atoms with Crippen LogP contribution in [0.4, 0.5) is 4.79 Å². The summed E-state index contributed by atoms with van der Waals surface area (Å²) in [5.74, 6) is 0.501. The molecule has 1 rings (SSSR count). The Labute approximate surface area is 109 Å². The highest BCUT2D eigenvalue weighted by Gasteiger charge is 2.23. The molecule has 1 aliphatic rings. The van der Waals surface area contributed by atoms with Crippen molar-refractivity contribution in [2.75, 3.05) is 0 Å². The van der Waals surface area contributed by atoms with E-state index in [-0.39, 0.29) is 11.9 Å². The van der Waals surface area contributed by atoms with E-state index in [1.807, 2.05) is 0 Å². The molecule has 0 aromatic rings. The van der Waals surface area contributed by atoms with Crippen molar-refractivity contribution in [2.24, 2.45) is 11.7 Å². The number of hydrogen-bond acceptors (Lipinski definition) is 3. The second kappa shape index (κ2) is 7.36. The van der Waals surface area contributed by atoms with E-state index in [1.54, 1.807) is 6.92 Å². The minimum Gasteiger partial charge on any atom is -0.351 e. The van der Waals surface area contributed by atoms with E-state index in [9.17, 15) is 9.59 Å². The lowest BCUT2D eigenvalue weighted by atomic mass is 9.83. The Bertz CT molecular complexity index is 286. The van der Waals surface area contributed by atoms with Gasteiger partial charge in [-0.1, -0.05) is 19.8 Å². The molecule has 0 aromatic heterocycles. The van der Waals surface area contributed by atoms with Crippen LogP contribution >= 0.6 is 0 Å². The molecule has 1 unspecified atom stereocenters. The second-order valence-corrected chi connectivity index (χ2v) is 5.25. The van der Waals surface area contributed by atoms with Gasteiger partial charge in [0.1, 0.15) is 0 Å². The number of imide groups is 1. The number of nitrogens with one attached hydrogen (secondary N) is 2. The molecular weight excluding hydrogens is 230 g/mol. The topological polar surface area (TPSA) is 84.2 Å². The molecule has 5 nitrogen and oxygen atoms in total. The van der Waals surface area contributed by atoms with Gasteiger partial charge in [-0.15, -0.1) is 0 Å². The summed E-state index contributed by atoms with van der Waals surface area (Å²) in [5, 5.41) is 5.37. The SMILES string of the molecule is CCCC1CCC(NC(C)C(=O)NC(N)=O)CC1. The van der Waals surface area contributed by atoms with Gasteiger partial charge in [0.2, 0.25) is 5.91 Å². The van der Waals surface area contributed by atoms with Crippen LogP contribution in [-0.4, -0.2) is 24.0 Å². The molecule has 4 N–H and O–H groups in total. The first-order valence-electron chi connectivity index (χ1n) is 6.89. The average molecular weight is 255 g/mol. The van der Waals surface area contributed by atoms with Gasteiger partial charge in [-0.25, -0.2) is 4.79 Å². The third kappa shape index (κ3) is 5.04. The van der Waals surface area contributed by atoms with Crippen LogP contribution in [0.2, 0.25) is 0 Å². The van der Waals surface area contributed by atoms with E-state index < -0.39 is 6.03 Å². The van der Waals surface area contributed by atoms with Crippen molar-refractivity contribution in [1.82, 2.24) is 10.6 Å². The van der Waals surface area contributed by atoms with Crippen LogP contribution in [0.25, 0.3) is 0 Å². The van der Waals surface area contributed by atoms with Gasteiger partial charge < -0.3 is 11.1 Å². The maximum Gasteiger partial charge on any atom is 0.318 e. The van der Waals surface area contributed by atoms with Gasteiger partial charge in [0.15, 0.2) is 0 Å². The van der Waals surface area contributed by atoms with Crippen LogP contribution in [0.3, 0.4) is 0 Å². The van der Waals surface area contributed by atoms with Gasteiger partial charge in [0, 0.05) is 6.04 Å². The molecule has 0 spiro atoms. The molecule has 0 heterocycles. The van der Waals surface area contributed by atoms with Gasteiger partial charge in [-0.2, -0.15) is 0 Å². The van der Waals surface area contributed by atoms with Gasteiger partial charge in [-0.05, 0) is 38.5 Å². The summed E-state index contributed by atoms with van der Waals surface area (Å²) in [6.45, 7) is 3.98. The molecule has 104 valence electrons. The molecular formula is C13H25N3O2. The number of nitrogens with two attached hydrogens (primary N) is 1. The Balaban J connectivity index is 2.27. The molecule has 0 aliphatic heterocycles. The van der Waals surface area contributed by atoms with Crippen LogP contribution in [-0.2, 0) is 4.79 Å². The Hall–Kier alpha value is -1.10. The first-order chi connectivity index (χ1) is 8.52. The van der Waals surface area contributed by atoms with Crippen LogP contribution in [0.1, 0.15) is 52.4 Å². The van der Waals surface area contributed by atoms with Crippen LogP contribution in [0.5, 0.6) is 0 Å². The summed E-state index contributed by atoms with van der Waals surface area (Å²) in [5.41, 5.74) is 4.92. The minimum atomic E-state index is -0.791. The first kappa shape index (κ1) is 15.0. The van der Waals surface area contributed by atoms with Crippen molar-refractivity contribution in [3.8, 4) is 0 Å². The number of primary amides is 1. The number of hydrogen-bond donors (Lipinski definition) is 3. The van der Waals surface area contributed by atoms with E-state index in [0.29, 0.717) is 6.04 Å². The lowest BCUT2D eigenvalue weighted by molar-refractivity contribution is -0.121. The zero-order chi connectivity index (χ0) is 13.5. The predicted octanol–water partition coefficient (Wildman–Crippen LogP) is 1.52. The number of carbonyl (C=O) groups excluding carboxylic acids is 2. The van der Waals surface area contributed by atoms with Crippen LogP contribution in [0, 0.1) is 5.92 Å². The first-order valence-corrected chi connectivity index (χ1v) is 6.89. The number of rotatable bonds is 5. The predicted molar refractivity (Wildman–Crippen MR) is 71.0 cm³/mol. The molecule has 18 heavy (non-hydrogen) atoms. The molecule has 1 saturated carbocycles. The molecule has 0 radical (unpaired) electrons. The summed E-state index contributed by atoms with van der Waals surface area (Å²) < 4.78 is 0. The van der Waals surface area contributed by atoms with E-state index >= 15 is 0 Å². The average Bonchev–Trinajstić information content (AvgIpc) is 2.31.